The third kappa shape index (κ3) is 3.56. The first-order valence-electron chi connectivity index (χ1n) is 5.57. The van der Waals surface area contributed by atoms with Gasteiger partial charge in [0.2, 0.25) is 0 Å². The minimum Gasteiger partial charge on any atom is -0.324 e. The zero-order valence-corrected chi connectivity index (χ0v) is 12.7. The fraction of sp³-hybridized carbons (Fsp3) is 0. The number of anilines is 2. The summed E-state index contributed by atoms with van der Waals surface area (Å²) in [7, 11) is -3.91. The van der Waals surface area contributed by atoms with Crippen LogP contribution in [0.3, 0.4) is 0 Å². The highest BCUT2D eigenvalue weighted by Crippen LogP contribution is 2.33. The quantitative estimate of drug-likeness (QED) is 0.584. The van der Waals surface area contributed by atoms with Crippen LogP contribution in [0.5, 0.6) is 0 Å². The van der Waals surface area contributed by atoms with E-state index in [2.05, 4.69) is 10.1 Å². The highest BCUT2D eigenvalue weighted by atomic mass is 35.5. The van der Waals surface area contributed by atoms with Crippen molar-refractivity contribution in [1.82, 2.24) is 0 Å². The molecule has 9 heteroatoms. The molecule has 0 spiro atoms. The van der Waals surface area contributed by atoms with Crippen LogP contribution in [0, 0.1) is 5.82 Å². The molecule has 0 atom stereocenters. The molecule has 0 bridgehead atoms. The van der Waals surface area contributed by atoms with Crippen molar-refractivity contribution in [2.75, 3.05) is 10.1 Å². The van der Waals surface area contributed by atoms with E-state index in [9.17, 15) is 12.8 Å². The average Bonchev–Trinajstić information content (AvgIpc) is 2.43. The lowest BCUT2D eigenvalue weighted by Crippen LogP contribution is -2.14. The van der Waals surface area contributed by atoms with Crippen molar-refractivity contribution in [2.45, 2.75) is 4.90 Å². The van der Waals surface area contributed by atoms with E-state index >= 15 is 0 Å². The standard InChI is InChI=1S/C12H10Cl2FN3O2S/c13-10-5-7(15)6-11(14)12(10)18-21(19,20)9-3-1-8(17-16)2-4-9/h1-6,17-18H,16H2. The SMILES string of the molecule is NNc1ccc(S(=O)(=O)Nc2c(Cl)cc(F)cc2Cl)cc1. The van der Waals surface area contributed by atoms with E-state index in [1.54, 1.807) is 0 Å². The Labute approximate surface area is 130 Å². The van der Waals surface area contributed by atoms with Crippen LogP contribution in [-0.2, 0) is 10.0 Å². The van der Waals surface area contributed by atoms with Gasteiger partial charge in [0.05, 0.1) is 20.6 Å². The summed E-state index contributed by atoms with van der Waals surface area (Å²) in [6, 6.07) is 7.61. The number of halogens is 3. The van der Waals surface area contributed by atoms with Crippen molar-refractivity contribution < 1.29 is 12.8 Å². The van der Waals surface area contributed by atoms with E-state index in [4.69, 9.17) is 29.0 Å². The predicted molar refractivity (Wildman–Crippen MR) is 81.5 cm³/mol. The molecule has 0 amide bonds. The summed E-state index contributed by atoms with van der Waals surface area (Å²) in [4.78, 5) is -0.0158. The Morgan fingerprint density at radius 2 is 1.57 bits per heavy atom. The van der Waals surface area contributed by atoms with Crippen LogP contribution in [0.25, 0.3) is 0 Å². The van der Waals surface area contributed by atoms with Crippen LogP contribution in [0.15, 0.2) is 41.3 Å². The Morgan fingerprint density at radius 3 is 2.05 bits per heavy atom. The number of nitrogens with two attached hydrogens (primary N) is 1. The molecule has 4 N–H and O–H groups in total. The molecular formula is C12H10Cl2FN3O2S. The molecule has 0 aliphatic carbocycles. The van der Waals surface area contributed by atoms with Gasteiger partial charge in [-0.05, 0) is 36.4 Å². The summed E-state index contributed by atoms with van der Waals surface area (Å²) in [5.74, 6) is 4.54. The number of hydrogen-bond acceptors (Lipinski definition) is 4. The monoisotopic (exact) mass is 349 g/mol. The average molecular weight is 350 g/mol. The molecule has 2 aromatic carbocycles. The first-order chi connectivity index (χ1) is 9.83. The predicted octanol–water partition coefficient (Wildman–Crippen LogP) is 3.22. The Bertz CT molecular complexity index is 744. The van der Waals surface area contributed by atoms with Crippen LogP contribution in [0.1, 0.15) is 0 Å². The van der Waals surface area contributed by atoms with Crippen LogP contribution >= 0.6 is 23.2 Å². The smallest absolute Gasteiger partial charge is 0.261 e. The molecule has 0 saturated carbocycles. The molecule has 0 aromatic heterocycles. The zero-order chi connectivity index (χ0) is 15.6. The van der Waals surface area contributed by atoms with Gasteiger partial charge in [-0.25, -0.2) is 12.8 Å². The molecule has 0 aliphatic heterocycles. The normalized spacial score (nSPS) is 11.2. The summed E-state index contributed by atoms with van der Waals surface area (Å²) in [6.45, 7) is 0. The molecule has 21 heavy (non-hydrogen) atoms. The third-order valence-corrected chi connectivity index (χ3v) is 4.54. The van der Waals surface area contributed by atoms with Gasteiger partial charge < -0.3 is 5.43 Å². The van der Waals surface area contributed by atoms with Crippen LogP contribution in [-0.4, -0.2) is 8.42 Å². The Kier molecular flexibility index (Phi) is 4.58. The van der Waals surface area contributed by atoms with E-state index < -0.39 is 15.8 Å². The van der Waals surface area contributed by atoms with E-state index in [1.807, 2.05) is 0 Å². The second-order valence-electron chi connectivity index (χ2n) is 4.02. The van der Waals surface area contributed by atoms with E-state index in [0.717, 1.165) is 12.1 Å². The molecule has 112 valence electrons. The maximum Gasteiger partial charge on any atom is 0.261 e. The molecule has 0 aliphatic rings. The number of benzene rings is 2. The van der Waals surface area contributed by atoms with Gasteiger partial charge >= 0.3 is 0 Å². The van der Waals surface area contributed by atoms with Gasteiger partial charge in [0, 0.05) is 5.69 Å². The molecule has 5 nitrogen and oxygen atoms in total. The first-order valence-corrected chi connectivity index (χ1v) is 7.81. The minimum atomic E-state index is -3.91. The number of hydrazine groups is 1. The second kappa shape index (κ2) is 6.07. The van der Waals surface area contributed by atoms with Gasteiger partial charge in [-0.15, -0.1) is 0 Å². The molecule has 0 unspecified atom stereocenters. The summed E-state index contributed by atoms with van der Waals surface area (Å²) in [5, 5.41) is -0.271. The number of nitrogens with one attached hydrogen (secondary N) is 2. The molecule has 0 radical (unpaired) electrons. The molecular weight excluding hydrogens is 340 g/mol. The summed E-state index contributed by atoms with van der Waals surface area (Å²) >= 11 is 11.6. The lowest BCUT2D eigenvalue weighted by atomic mass is 10.3. The van der Waals surface area contributed by atoms with Crippen molar-refractivity contribution in [1.29, 1.82) is 0 Å². The number of rotatable bonds is 4. The maximum atomic E-state index is 13.1. The molecule has 2 aromatic rings. The van der Waals surface area contributed by atoms with Crippen molar-refractivity contribution in [3.05, 3.63) is 52.3 Å². The minimum absolute atomic E-state index is 0.0158. The van der Waals surface area contributed by atoms with Gasteiger partial charge in [-0.3, -0.25) is 10.6 Å². The molecule has 2 rings (SSSR count). The molecule has 0 heterocycles. The zero-order valence-electron chi connectivity index (χ0n) is 10.4. The van der Waals surface area contributed by atoms with Crippen molar-refractivity contribution in [3.8, 4) is 0 Å². The van der Waals surface area contributed by atoms with Crippen LogP contribution < -0.4 is 16.0 Å². The highest BCUT2D eigenvalue weighted by molar-refractivity contribution is 7.92. The van der Waals surface area contributed by atoms with Crippen LogP contribution in [0.2, 0.25) is 10.0 Å². The van der Waals surface area contributed by atoms with Gasteiger partial charge in [-0.2, -0.15) is 0 Å². The lowest BCUT2D eigenvalue weighted by Gasteiger charge is -2.12. The summed E-state index contributed by atoms with van der Waals surface area (Å²) in [5.41, 5.74) is 2.85. The summed E-state index contributed by atoms with van der Waals surface area (Å²) < 4.78 is 39.7. The highest BCUT2D eigenvalue weighted by Gasteiger charge is 2.18. The Morgan fingerprint density at radius 1 is 1.05 bits per heavy atom. The van der Waals surface area contributed by atoms with Gasteiger partial charge in [-0.1, -0.05) is 23.2 Å². The number of hydrogen-bond donors (Lipinski definition) is 3. The van der Waals surface area contributed by atoms with E-state index in [1.165, 1.54) is 24.3 Å². The van der Waals surface area contributed by atoms with Gasteiger partial charge in [0.15, 0.2) is 0 Å². The molecule has 0 saturated heterocycles. The van der Waals surface area contributed by atoms with E-state index in [0.29, 0.717) is 5.69 Å². The van der Waals surface area contributed by atoms with Crippen molar-refractivity contribution in [2.24, 2.45) is 5.84 Å². The second-order valence-corrected chi connectivity index (χ2v) is 6.52. The lowest BCUT2D eigenvalue weighted by molar-refractivity contribution is 0.601. The Balaban J connectivity index is 2.37. The third-order valence-electron chi connectivity index (χ3n) is 2.57. The maximum absolute atomic E-state index is 13.1. The Hall–Kier alpha value is -1.54. The molecule has 0 fully saturated rings. The van der Waals surface area contributed by atoms with Gasteiger partial charge in [0.1, 0.15) is 5.82 Å². The largest absolute Gasteiger partial charge is 0.324 e. The number of nitrogen functional groups attached to an aromatic ring is 1. The fourth-order valence-electron chi connectivity index (χ4n) is 1.56. The van der Waals surface area contributed by atoms with E-state index in [-0.39, 0.29) is 20.6 Å². The topological polar surface area (TPSA) is 84.2 Å². The van der Waals surface area contributed by atoms with Crippen molar-refractivity contribution in [3.63, 3.8) is 0 Å². The van der Waals surface area contributed by atoms with Crippen molar-refractivity contribution >= 4 is 44.6 Å². The summed E-state index contributed by atoms with van der Waals surface area (Å²) in [6.07, 6.45) is 0. The fourth-order valence-corrected chi connectivity index (χ4v) is 3.33. The first kappa shape index (κ1) is 15.8. The number of sulfonamides is 1. The van der Waals surface area contributed by atoms with Gasteiger partial charge in [0.25, 0.3) is 10.0 Å². The van der Waals surface area contributed by atoms with Crippen LogP contribution in [0.4, 0.5) is 15.8 Å².